The van der Waals surface area contributed by atoms with Crippen molar-refractivity contribution >= 4 is 29.3 Å². The molecule has 5 heteroatoms. The molecule has 1 saturated heterocycles. The van der Waals surface area contributed by atoms with Crippen LogP contribution < -0.4 is 5.73 Å². The molecule has 2 N–H and O–H groups in total. The molecule has 1 heterocycles. The molecule has 1 amide bonds. The van der Waals surface area contributed by atoms with Crippen LogP contribution in [-0.2, 0) is 0 Å². The SMILES string of the molecule is CSc1ccc(Cl)c(C(=O)N2CCCC2CN)c1. The van der Waals surface area contributed by atoms with Crippen molar-refractivity contribution in [1.82, 2.24) is 4.90 Å². The Balaban J connectivity index is 2.27. The first kappa shape index (κ1) is 13.7. The van der Waals surface area contributed by atoms with E-state index in [2.05, 4.69) is 0 Å². The number of rotatable bonds is 3. The molecule has 1 aliphatic heterocycles. The fraction of sp³-hybridized carbons (Fsp3) is 0.462. The third kappa shape index (κ3) is 2.66. The minimum atomic E-state index is 0.00356. The lowest BCUT2D eigenvalue weighted by atomic mass is 10.1. The molecule has 1 atom stereocenters. The molecule has 1 fully saturated rings. The zero-order valence-corrected chi connectivity index (χ0v) is 11.9. The highest BCUT2D eigenvalue weighted by atomic mass is 35.5. The Bertz CT molecular complexity index is 453. The summed E-state index contributed by atoms with van der Waals surface area (Å²) < 4.78 is 0. The average Bonchev–Trinajstić information content (AvgIpc) is 2.86. The number of likely N-dealkylation sites (tertiary alicyclic amines) is 1. The Morgan fingerprint density at radius 2 is 2.39 bits per heavy atom. The Hall–Kier alpha value is -0.710. The van der Waals surface area contributed by atoms with Crippen LogP contribution in [0.4, 0.5) is 0 Å². The predicted octanol–water partition coefficient (Wildman–Crippen LogP) is 2.63. The van der Waals surface area contributed by atoms with Crippen LogP contribution in [-0.4, -0.2) is 36.2 Å². The molecule has 1 aliphatic rings. The first-order chi connectivity index (χ1) is 8.67. The highest BCUT2D eigenvalue weighted by Crippen LogP contribution is 2.27. The van der Waals surface area contributed by atoms with Gasteiger partial charge in [-0.15, -0.1) is 11.8 Å². The number of benzene rings is 1. The molecule has 1 aromatic carbocycles. The van der Waals surface area contributed by atoms with E-state index >= 15 is 0 Å². The minimum absolute atomic E-state index is 0.00356. The van der Waals surface area contributed by atoms with Crippen LogP contribution in [0.5, 0.6) is 0 Å². The Morgan fingerprint density at radius 1 is 1.61 bits per heavy atom. The van der Waals surface area contributed by atoms with Gasteiger partial charge in [0.15, 0.2) is 0 Å². The maximum Gasteiger partial charge on any atom is 0.255 e. The summed E-state index contributed by atoms with van der Waals surface area (Å²) in [5, 5.41) is 0.514. The number of carbonyl (C=O) groups excluding carboxylic acids is 1. The largest absolute Gasteiger partial charge is 0.334 e. The molecule has 0 bridgehead atoms. The van der Waals surface area contributed by atoms with Crippen molar-refractivity contribution in [2.45, 2.75) is 23.8 Å². The topological polar surface area (TPSA) is 46.3 Å². The smallest absolute Gasteiger partial charge is 0.255 e. The fourth-order valence-electron chi connectivity index (χ4n) is 2.30. The van der Waals surface area contributed by atoms with E-state index in [1.165, 1.54) is 0 Å². The van der Waals surface area contributed by atoms with Gasteiger partial charge in [0.25, 0.3) is 5.91 Å². The maximum absolute atomic E-state index is 12.5. The van der Waals surface area contributed by atoms with Crippen molar-refractivity contribution in [2.75, 3.05) is 19.3 Å². The van der Waals surface area contributed by atoms with Gasteiger partial charge in [-0.05, 0) is 37.3 Å². The van der Waals surface area contributed by atoms with Gasteiger partial charge in [0.1, 0.15) is 0 Å². The number of thioether (sulfide) groups is 1. The molecule has 0 aromatic heterocycles. The third-order valence-corrected chi connectivity index (χ3v) is 4.37. The van der Waals surface area contributed by atoms with E-state index in [1.54, 1.807) is 17.8 Å². The number of hydrogen-bond acceptors (Lipinski definition) is 3. The molecule has 0 aliphatic carbocycles. The van der Waals surface area contributed by atoms with Gasteiger partial charge >= 0.3 is 0 Å². The van der Waals surface area contributed by atoms with E-state index in [0.717, 1.165) is 24.3 Å². The van der Waals surface area contributed by atoms with E-state index < -0.39 is 0 Å². The van der Waals surface area contributed by atoms with Crippen LogP contribution in [0, 0.1) is 0 Å². The van der Waals surface area contributed by atoms with Crippen molar-refractivity contribution in [3.8, 4) is 0 Å². The molecule has 2 rings (SSSR count). The van der Waals surface area contributed by atoms with E-state index in [4.69, 9.17) is 17.3 Å². The molecule has 1 unspecified atom stereocenters. The highest BCUT2D eigenvalue weighted by Gasteiger charge is 2.29. The second kappa shape index (κ2) is 5.95. The Kier molecular flexibility index (Phi) is 4.54. The lowest BCUT2D eigenvalue weighted by Gasteiger charge is -2.24. The van der Waals surface area contributed by atoms with Crippen molar-refractivity contribution in [3.05, 3.63) is 28.8 Å². The van der Waals surface area contributed by atoms with Gasteiger partial charge in [-0.3, -0.25) is 4.79 Å². The van der Waals surface area contributed by atoms with Crippen LogP contribution in [0.15, 0.2) is 23.1 Å². The van der Waals surface area contributed by atoms with Crippen LogP contribution in [0.2, 0.25) is 5.02 Å². The molecule has 0 spiro atoms. The van der Waals surface area contributed by atoms with E-state index in [0.29, 0.717) is 17.1 Å². The van der Waals surface area contributed by atoms with Crippen LogP contribution in [0.1, 0.15) is 23.2 Å². The molecule has 1 aromatic rings. The van der Waals surface area contributed by atoms with Crippen molar-refractivity contribution in [3.63, 3.8) is 0 Å². The number of amides is 1. The van der Waals surface area contributed by atoms with Gasteiger partial charge in [-0.1, -0.05) is 11.6 Å². The van der Waals surface area contributed by atoms with E-state index in [-0.39, 0.29) is 11.9 Å². The van der Waals surface area contributed by atoms with Gasteiger partial charge in [0, 0.05) is 24.0 Å². The number of nitrogens with two attached hydrogens (primary N) is 1. The van der Waals surface area contributed by atoms with E-state index in [9.17, 15) is 4.79 Å². The molecule has 0 radical (unpaired) electrons. The normalized spacial score (nSPS) is 19.3. The summed E-state index contributed by atoms with van der Waals surface area (Å²) in [6, 6.07) is 5.73. The number of carbonyl (C=O) groups is 1. The summed E-state index contributed by atoms with van der Waals surface area (Å²) in [7, 11) is 0. The van der Waals surface area contributed by atoms with Gasteiger partial charge in [0.2, 0.25) is 0 Å². The summed E-state index contributed by atoms with van der Waals surface area (Å²) in [5.41, 5.74) is 6.29. The second-order valence-electron chi connectivity index (χ2n) is 4.38. The molecular formula is C13H17ClN2OS. The number of hydrogen-bond donors (Lipinski definition) is 1. The Morgan fingerprint density at radius 3 is 3.06 bits per heavy atom. The fourth-order valence-corrected chi connectivity index (χ4v) is 2.94. The third-order valence-electron chi connectivity index (χ3n) is 3.31. The standard InChI is InChI=1S/C13H17ClN2OS/c1-18-10-4-5-12(14)11(7-10)13(17)16-6-2-3-9(16)8-15/h4-5,7,9H,2-3,6,8,15H2,1H3. The highest BCUT2D eigenvalue weighted by molar-refractivity contribution is 7.98. The summed E-state index contributed by atoms with van der Waals surface area (Å²) in [5.74, 6) is 0.00356. The summed E-state index contributed by atoms with van der Waals surface area (Å²) in [4.78, 5) is 15.4. The number of nitrogens with zero attached hydrogens (tertiary/aromatic N) is 1. The lowest BCUT2D eigenvalue weighted by molar-refractivity contribution is 0.0741. The van der Waals surface area contributed by atoms with Crippen molar-refractivity contribution in [1.29, 1.82) is 0 Å². The first-order valence-corrected chi connectivity index (χ1v) is 7.62. The van der Waals surface area contributed by atoms with Crippen molar-refractivity contribution in [2.24, 2.45) is 5.73 Å². The molecule has 98 valence electrons. The maximum atomic E-state index is 12.5. The molecule has 0 saturated carbocycles. The second-order valence-corrected chi connectivity index (χ2v) is 5.66. The molecular weight excluding hydrogens is 268 g/mol. The van der Waals surface area contributed by atoms with Gasteiger partial charge in [0.05, 0.1) is 10.6 Å². The zero-order valence-electron chi connectivity index (χ0n) is 10.4. The monoisotopic (exact) mass is 284 g/mol. The first-order valence-electron chi connectivity index (χ1n) is 6.02. The van der Waals surface area contributed by atoms with Crippen LogP contribution in [0.25, 0.3) is 0 Å². The quantitative estimate of drug-likeness (QED) is 0.868. The summed E-state index contributed by atoms with van der Waals surface area (Å²) >= 11 is 7.73. The minimum Gasteiger partial charge on any atom is -0.334 e. The van der Waals surface area contributed by atoms with E-state index in [1.807, 2.05) is 23.3 Å². The number of halogens is 1. The van der Waals surface area contributed by atoms with Crippen LogP contribution >= 0.6 is 23.4 Å². The summed E-state index contributed by atoms with van der Waals surface area (Å²) in [6.07, 6.45) is 3.99. The van der Waals surface area contributed by atoms with Crippen LogP contribution in [0.3, 0.4) is 0 Å². The van der Waals surface area contributed by atoms with Gasteiger partial charge < -0.3 is 10.6 Å². The summed E-state index contributed by atoms with van der Waals surface area (Å²) in [6.45, 7) is 1.30. The Labute approximate surface area is 117 Å². The lowest BCUT2D eigenvalue weighted by Crippen LogP contribution is -2.40. The van der Waals surface area contributed by atoms with Gasteiger partial charge in [-0.2, -0.15) is 0 Å². The zero-order chi connectivity index (χ0) is 13.1. The molecule has 18 heavy (non-hydrogen) atoms. The molecule has 3 nitrogen and oxygen atoms in total. The van der Waals surface area contributed by atoms with Gasteiger partial charge in [-0.25, -0.2) is 0 Å². The predicted molar refractivity (Wildman–Crippen MR) is 76.3 cm³/mol. The van der Waals surface area contributed by atoms with Crippen molar-refractivity contribution < 1.29 is 4.79 Å². The average molecular weight is 285 g/mol.